The molecule has 0 spiro atoms. The molecule has 4 nitrogen and oxygen atoms in total. The van der Waals surface area contributed by atoms with Crippen LogP contribution in [0.4, 0.5) is 0 Å². The summed E-state index contributed by atoms with van der Waals surface area (Å²) in [6, 6.07) is -0.417. The highest BCUT2D eigenvalue weighted by atomic mass is 16.3. The van der Waals surface area contributed by atoms with Crippen LogP contribution in [0.1, 0.15) is 40.0 Å². The number of carbonyl (C=O) groups excluding carboxylic acids is 1. The average Bonchev–Trinajstić information content (AvgIpc) is 2.22. The Balaban J connectivity index is 3.82. The van der Waals surface area contributed by atoms with Crippen molar-refractivity contribution in [3.63, 3.8) is 0 Å². The predicted molar refractivity (Wildman–Crippen MR) is 61.4 cm³/mol. The number of carbonyl (C=O) groups is 1. The normalized spacial score (nSPS) is 13.7. The second-order valence-electron chi connectivity index (χ2n) is 4.79. The molecule has 1 unspecified atom stereocenters. The molecule has 0 radical (unpaired) electrons. The predicted octanol–water partition coefficient (Wildman–Crippen LogP) is 0.639. The van der Waals surface area contributed by atoms with Crippen molar-refractivity contribution in [2.75, 3.05) is 13.2 Å². The largest absolute Gasteiger partial charge is 0.396 e. The van der Waals surface area contributed by atoms with Gasteiger partial charge in [0.05, 0.1) is 6.04 Å². The summed E-state index contributed by atoms with van der Waals surface area (Å²) < 4.78 is 0. The van der Waals surface area contributed by atoms with E-state index in [9.17, 15) is 4.79 Å². The van der Waals surface area contributed by atoms with Gasteiger partial charge in [0.1, 0.15) is 0 Å². The lowest BCUT2D eigenvalue weighted by atomic mass is 9.95. The fourth-order valence-corrected chi connectivity index (χ4v) is 1.07. The number of unbranched alkanes of at least 4 members (excludes halogenated alkanes) is 1. The molecule has 0 saturated heterocycles. The van der Waals surface area contributed by atoms with Crippen LogP contribution in [0.5, 0.6) is 0 Å². The number of rotatable bonds is 7. The Morgan fingerprint density at radius 1 is 1.53 bits per heavy atom. The zero-order valence-corrected chi connectivity index (χ0v) is 10.0. The quantitative estimate of drug-likeness (QED) is 0.584. The van der Waals surface area contributed by atoms with E-state index in [4.69, 9.17) is 10.8 Å². The van der Waals surface area contributed by atoms with Crippen molar-refractivity contribution in [3.8, 4) is 0 Å². The summed E-state index contributed by atoms with van der Waals surface area (Å²) >= 11 is 0. The maximum Gasteiger partial charge on any atom is 0.236 e. The van der Waals surface area contributed by atoms with E-state index in [0.717, 1.165) is 19.3 Å². The monoisotopic (exact) mass is 216 g/mol. The standard InChI is InChI=1S/C11H24N2O2/c1-4-5-6-9(12)10(15)13-7-11(2,3)8-14/h9,14H,4-8,12H2,1-3H3,(H,13,15). The summed E-state index contributed by atoms with van der Waals surface area (Å²) in [6.07, 6.45) is 2.74. The summed E-state index contributed by atoms with van der Waals surface area (Å²) in [6.45, 7) is 6.37. The van der Waals surface area contributed by atoms with Gasteiger partial charge in [-0.25, -0.2) is 0 Å². The molecule has 4 heteroatoms. The number of nitrogens with one attached hydrogen (secondary N) is 1. The number of hydrogen-bond acceptors (Lipinski definition) is 3. The van der Waals surface area contributed by atoms with Gasteiger partial charge in [-0.15, -0.1) is 0 Å². The number of aliphatic hydroxyl groups excluding tert-OH is 1. The van der Waals surface area contributed by atoms with Crippen molar-refractivity contribution in [1.29, 1.82) is 0 Å². The van der Waals surface area contributed by atoms with E-state index in [-0.39, 0.29) is 17.9 Å². The molecule has 0 rings (SSSR count). The number of amides is 1. The first-order valence-electron chi connectivity index (χ1n) is 5.57. The van der Waals surface area contributed by atoms with E-state index < -0.39 is 6.04 Å². The van der Waals surface area contributed by atoms with Gasteiger partial charge in [-0.3, -0.25) is 4.79 Å². The third-order valence-corrected chi connectivity index (χ3v) is 2.37. The minimum Gasteiger partial charge on any atom is -0.396 e. The molecule has 90 valence electrons. The molecule has 15 heavy (non-hydrogen) atoms. The molecule has 0 aliphatic carbocycles. The molecular formula is C11H24N2O2. The van der Waals surface area contributed by atoms with Crippen molar-refractivity contribution < 1.29 is 9.90 Å². The van der Waals surface area contributed by atoms with Crippen LogP contribution in [0.2, 0.25) is 0 Å². The average molecular weight is 216 g/mol. The zero-order valence-electron chi connectivity index (χ0n) is 10.0. The third kappa shape index (κ3) is 6.47. The van der Waals surface area contributed by atoms with Crippen molar-refractivity contribution >= 4 is 5.91 Å². The fourth-order valence-electron chi connectivity index (χ4n) is 1.07. The highest BCUT2D eigenvalue weighted by Crippen LogP contribution is 2.11. The van der Waals surface area contributed by atoms with Gasteiger partial charge in [0, 0.05) is 18.6 Å². The molecule has 1 amide bonds. The maximum atomic E-state index is 11.5. The molecule has 0 aromatic heterocycles. The van der Waals surface area contributed by atoms with Gasteiger partial charge in [-0.2, -0.15) is 0 Å². The highest BCUT2D eigenvalue weighted by Gasteiger charge is 2.19. The van der Waals surface area contributed by atoms with Gasteiger partial charge in [-0.1, -0.05) is 33.6 Å². The summed E-state index contributed by atoms with van der Waals surface area (Å²) in [5, 5.41) is 11.8. The highest BCUT2D eigenvalue weighted by molar-refractivity contribution is 5.81. The van der Waals surface area contributed by atoms with Crippen LogP contribution in [0.15, 0.2) is 0 Å². The minimum absolute atomic E-state index is 0.0531. The first-order valence-corrected chi connectivity index (χ1v) is 5.57. The summed E-state index contributed by atoms with van der Waals surface area (Å²) in [4.78, 5) is 11.5. The van der Waals surface area contributed by atoms with E-state index in [0.29, 0.717) is 6.54 Å². The summed E-state index contributed by atoms with van der Waals surface area (Å²) in [5.74, 6) is -0.120. The molecule has 1 atom stereocenters. The van der Waals surface area contributed by atoms with Gasteiger partial charge in [0.15, 0.2) is 0 Å². The summed E-state index contributed by atoms with van der Waals surface area (Å²) in [7, 11) is 0. The van der Waals surface area contributed by atoms with E-state index in [1.165, 1.54) is 0 Å². The minimum atomic E-state index is -0.417. The Hall–Kier alpha value is -0.610. The van der Waals surface area contributed by atoms with Crippen LogP contribution in [0.3, 0.4) is 0 Å². The fraction of sp³-hybridized carbons (Fsp3) is 0.909. The third-order valence-electron chi connectivity index (χ3n) is 2.37. The van der Waals surface area contributed by atoms with Crippen LogP contribution in [-0.2, 0) is 4.79 Å². The second kappa shape index (κ2) is 6.80. The van der Waals surface area contributed by atoms with Crippen LogP contribution in [0, 0.1) is 5.41 Å². The first kappa shape index (κ1) is 14.4. The molecule has 0 aliphatic rings. The van der Waals surface area contributed by atoms with E-state index in [2.05, 4.69) is 12.2 Å². The van der Waals surface area contributed by atoms with Gasteiger partial charge >= 0.3 is 0 Å². The van der Waals surface area contributed by atoms with Crippen molar-refractivity contribution in [2.45, 2.75) is 46.1 Å². The van der Waals surface area contributed by atoms with Gasteiger partial charge < -0.3 is 16.2 Å². The van der Waals surface area contributed by atoms with Crippen molar-refractivity contribution in [1.82, 2.24) is 5.32 Å². The Kier molecular flexibility index (Phi) is 6.52. The number of aliphatic hydroxyl groups is 1. The maximum absolute atomic E-state index is 11.5. The van der Waals surface area contributed by atoms with Crippen LogP contribution < -0.4 is 11.1 Å². The van der Waals surface area contributed by atoms with E-state index in [1.807, 2.05) is 13.8 Å². The first-order chi connectivity index (χ1) is 6.93. The zero-order chi connectivity index (χ0) is 11.9. The molecule has 0 bridgehead atoms. The number of nitrogens with two attached hydrogens (primary N) is 1. The smallest absolute Gasteiger partial charge is 0.236 e. The van der Waals surface area contributed by atoms with Crippen LogP contribution >= 0.6 is 0 Å². The van der Waals surface area contributed by atoms with E-state index >= 15 is 0 Å². The molecule has 0 aromatic carbocycles. The van der Waals surface area contributed by atoms with E-state index in [1.54, 1.807) is 0 Å². The lowest BCUT2D eigenvalue weighted by Crippen LogP contribution is -2.44. The van der Waals surface area contributed by atoms with Gasteiger partial charge in [0.25, 0.3) is 0 Å². The Labute approximate surface area is 92.2 Å². The lowest BCUT2D eigenvalue weighted by Gasteiger charge is -2.23. The Morgan fingerprint density at radius 2 is 2.13 bits per heavy atom. The molecular weight excluding hydrogens is 192 g/mol. The molecule has 0 aromatic rings. The Morgan fingerprint density at radius 3 is 2.60 bits per heavy atom. The molecule has 4 N–H and O–H groups in total. The SMILES string of the molecule is CCCCC(N)C(=O)NCC(C)(C)CO. The molecule has 0 saturated carbocycles. The topological polar surface area (TPSA) is 75.4 Å². The van der Waals surface area contributed by atoms with Crippen molar-refractivity contribution in [2.24, 2.45) is 11.1 Å². The number of hydrogen-bond donors (Lipinski definition) is 3. The lowest BCUT2D eigenvalue weighted by molar-refractivity contribution is -0.123. The van der Waals surface area contributed by atoms with Gasteiger partial charge in [-0.05, 0) is 6.42 Å². The van der Waals surface area contributed by atoms with Crippen LogP contribution in [0.25, 0.3) is 0 Å². The molecule has 0 fully saturated rings. The molecule has 0 heterocycles. The molecule has 0 aliphatic heterocycles. The second-order valence-corrected chi connectivity index (χ2v) is 4.79. The van der Waals surface area contributed by atoms with Crippen LogP contribution in [-0.4, -0.2) is 30.2 Å². The van der Waals surface area contributed by atoms with Crippen molar-refractivity contribution in [3.05, 3.63) is 0 Å². The Bertz CT molecular complexity index is 193. The van der Waals surface area contributed by atoms with Gasteiger partial charge in [0.2, 0.25) is 5.91 Å². The summed E-state index contributed by atoms with van der Waals surface area (Å²) in [5.41, 5.74) is 5.42.